The molecule has 1 saturated heterocycles. The first-order valence-electron chi connectivity index (χ1n) is 12.4. The molecule has 0 bridgehead atoms. The fraction of sp³-hybridized carbons (Fsp3) is 0.720. The Kier molecular flexibility index (Phi) is 11.8. The van der Waals surface area contributed by atoms with E-state index in [1.807, 2.05) is 18.2 Å². The number of fused-ring (bicyclic) bond motifs is 1. The maximum absolute atomic E-state index is 4.59. The Morgan fingerprint density at radius 1 is 0.938 bits per heavy atom. The molecule has 7 heteroatoms. The molecule has 0 spiro atoms. The van der Waals surface area contributed by atoms with Gasteiger partial charge in [-0.15, -0.1) is 12.4 Å². The van der Waals surface area contributed by atoms with Crippen LogP contribution in [0.25, 0.3) is 11.0 Å². The fourth-order valence-electron chi connectivity index (χ4n) is 4.59. The lowest BCUT2D eigenvalue weighted by Crippen LogP contribution is -2.47. The quantitative estimate of drug-likeness (QED) is 0.430. The largest absolute Gasteiger partial charge is 0.356 e. The van der Waals surface area contributed by atoms with Gasteiger partial charge in [-0.25, -0.2) is 4.98 Å². The van der Waals surface area contributed by atoms with E-state index in [2.05, 4.69) is 63.7 Å². The molecule has 3 rings (SSSR count). The average molecular weight is 465 g/mol. The minimum atomic E-state index is 0. The van der Waals surface area contributed by atoms with Crippen molar-refractivity contribution in [1.82, 2.24) is 24.7 Å². The highest BCUT2D eigenvalue weighted by Gasteiger charge is 2.17. The molecule has 0 saturated carbocycles. The van der Waals surface area contributed by atoms with Crippen molar-refractivity contribution in [2.24, 2.45) is 11.8 Å². The number of benzene rings is 1. The molecule has 0 radical (unpaired) electrons. The number of H-pyrrole nitrogens is 1. The van der Waals surface area contributed by atoms with Crippen LogP contribution in [0.15, 0.2) is 24.3 Å². The number of piperazine rings is 1. The lowest BCUT2D eigenvalue weighted by atomic mass is 10.1. The molecule has 0 aliphatic carbocycles. The number of aromatic nitrogens is 2. The number of hydrogen-bond donors (Lipinski definition) is 2. The molecule has 182 valence electrons. The molecular formula is C25H45ClN6. The van der Waals surface area contributed by atoms with E-state index >= 15 is 0 Å². The molecule has 1 aliphatic rings. The zero-order valence-electron chi connectivity index (χ0n) is 20.6. The van der Waals surface area contributed by atoms with Gasteiger partial charge in [0, 0.05) is 45.8 Å². The molecule has 0 amide bonds. The van der Waals surface area contributed by atoms with Gasteiger partial charge in [0.05, 0.1) is 11.0 Å². The van der Waals surface area contributed by atoms with Crippen molar-refractivity contribution in [3.05, 3.63) is 24.3 Å². The van der Waals surface area contributed by atoms with Gasteiger partial charge in [-0.2, -0.15) is 0 Å². The molecule has 6 nitrogen and oxygen atoms in total. The summed E-state index contributed by atoms with van der Waals surface area (Å²) in [6.45, 7) is 21.2. The van der Waals surface area contributed by atoms with Gasteiger partial charge in [0.25, 0.3) is 0 Å². The van der Waals surface area contributed by atoms with Crippen molar-refractivity contribution in [2.45, 2.75) is 40.5 Å². The Hall–Kier alpha value is -1.34. The summed E-state index contributed by atoms with van der Waals surface area (Å²) in [5, 5.41) is 3.44. The zero-order valence-corrected chi connectivity index (χ0v) is 21.5. The molecule has 1 aromatic carbocycles. The molecule has 0 atom stereocenters. The van der Waals surface area contributed by atoms with Crippen LogP contribution >= 0.6 is 12.4 Å². The van der Waals surface area contributed by atoms with Gasteiger partial charge < -0.3 is 25.0 Å². The summed E-state index contributed by atoms with van der Waals surface area (Å²) in [4.78, 5) is 15.9. The van der Waals surface area contributed by atoms with E-state index in [9.17, 15) is 0 Å². The van der Waals surface area contributed by atoms with E-state index in [0.29, 0.717) is 0 Å². The minimum Gasteiger partial charge on any atom is -0.356 e. The molecule has 32 heavy (non-hydrogen) atoms. The molecule has 1 fully saturated rings. The third-order valence-corrected chi connectivity index (χ3v) is 5.99. The number of nitrogens with one attached hydrogen (secondary N) is 2. The number of imidazole rings is 1. The maximum atomic E-state index is 4.59. The third kappa shape index (κ3) is 9.26. The van der Waals surface area contributed by atoms with Crippen LogP contribution in [0, 0.1) is 11.8 Å². The summed E-state index contributed by atoms with van der Waals surface area (Å²) >= 11 is 0. The number of para-hydroxylation sites is 2. The predicted molar refractivity (Wildman–Crippen MR) is 140 cm³/mol. The Morgan fingerprint density at radius 3 is 2.12 bits per heavy atom. The van der Waals surface area contributed by atoms with Crippen molar-refractivity contribution in [2.75, 3.05) is 70.8 Å². The lowest BCUT2D eigenvalue weighted by molar-refractivity contribution is 0.124. The molecule has 1 aliphatic heterocycles. The van der Waals surface area contributed by atoms with Crippen LogP contribution in [0.1, 0.15) is 40.5 Å². The lowest BCUT2D eigenvalue weighted by Gasteiger charge is -2.35. The van der Waals surface area contributed by atoms with Gasteiger partial charge in [-0.3, -0.25) is 0 Å². The SMILES string of the molecule is CC(C)CN(CCCN1CCN(CCCNc2nc3ccccc3[nH]2)CC1)CC(C)C.Cl. The second-order valence-corrected chi connectivity index (χ2v) is 9.97. The van der Waals surface area contributed by atoms with Crippen molar-refractivity contribution in [1.29, 1.82) is 0 Å². The number of rotatable bonds is 13. The van der Waals surface area contributed by atoms with Crippen molar-refractivity contribution >= 4 is 29.4 Å². The zero-order chi connectivity index (χ0) is 22.1. The number of nitrogens with zero attached hydrogens (tertiary/aromatic N) is 4. The van der Waals surface area contributed by atoms with Gasteiger partial charge in [0.1, 0.15) is 0 Å². The summed E-state index contributed by atoms with van der Waals surface area (Å²) in [7, 11) is 0. The molecule has 2 heterocycles. The highest BCUT2D eigenvalue weighted by Crippen LogP contribution is 2.13. The molecular weight excluding hydrogens is 420 g/mol. The first kappa shape index (κ1) is 26.9. The van der Waals surface area contributed by atoms with Gasteiger partial charge >= 0.3 is 0 Å². The first-order chi connectivity index (χ1) is 15.0. The highest BCUT2D eigenvalue weighted by molar-refractivity contribution is 5.85. The predicted octanol–water partition coefficient (Wildman–Crippen LogP) is 4.41. The van der Waals surface area contributed by atoms with Crippen LogP contribution in [0.5, 0.6) is 0 Å². The Labute approximate surface area is 201 Å². The monoisotopic (exact) mass is 464 g/mol. The molecule has 2 N–H and O–H groups in total. The molecule has 0 unspecified atom stereocenters. The second kappa shape index (κ2) is 14.0. The van der Waals surface area contributed by atoms with Crippen LogP contribution in [0.3, 0.4) is 0 Å². The maximum Gasteiger partial charge on any atom is 0.201 e. The van der Waals surface area contributed by atoms with E-state index in [0.717, 1.165) is 48.3 Å². The van der Waals surface area contributed by atoms with Crippen LogP contribution in [-0.2, 0) is 0 Å². The first-order valence-corrected chi connectivity index (χ1v) is 12.4. The molecule has 1 aromatic heterocycles. The highest BCUT2D eigenvalue weighted by atomic mass is 35.5. The Balaban J connectivity index is 0.00000363. The van der Waals surface area contributed by atoms with Crippen molar-refractivity contribution in [3.8, 4) is 0 Å². The van der Waals surface area contributed by atoms with Crippen LogP contribution in [0.2, 0.25) is 0 Å². The Morgan fingerprint density at radius 2 is 1.53 bits per heavy atom. The van der Waals surface area contributed by atoms with Crippen LogP contribution in [-0.4, -0.2) is 90.1 Å². The number of hydrogen-bond acceptors (Lipinski definition) is 5. The smallest absolute Gasteiger partial charge is 0.201 e. The normalized spacial score (nSPS) is 15.7. The number of anilines is 1. The summed E-state index contributed by atoms with van der Waals surface area (Å²) < 4.78 is 0. The van der Waals surface area contributed by atoms with E-state index in [-0.39, 0.29) is 12.4 Å². The van der Waals surface area contributed by atoms with Gasteiger partial charge in [-0.05, 0) is 56.4 Å². The summed E-state index contributed by atoms with van der Waals surface area (Å²) in [6.07, 6.45) is 2.44. The number of aromatic amines is 1. The van der Waals surface area contributed by atoms with E-state index in [1.54, 1.807) is 0 Å². The van der Waals surface area contributed by atoms with Gasteiger partial charge in [0.15, 0.2) is 0 Å². The van der Waals surface area contributed by atoms with E-state index in [1.165, 1.54) is 58.8 Å². The average Bonchev–Trinajstić information content (AvgIpc) is 3.14. The van der Waals surface area contributed by atoms with Crippen molar-refractivity contribution < 1.29 is 0 Å². The van der Waals surface area contributed by atoms with E-state index in [4.69, 9.17) is 0 Å². The standard InChI is InChI=1S/C25H44N6.ClH/c1-21(2)19-31(20-22(3)4)14-8-13-30-17-15-29(16-18-30)12-7-11-26-25-27-23-9-5-6-10-24(23)28-25;/h5-6,9-10,21-22H,7-8,11-20H2,1-4H3,(H2,26,27,28);1H. The summed E-state index contributed by atoms with van der Waals surface area (Å²) in [5.74, 6) is 2.39. The third-order valence-electron chi connectivity index (χ3n) is 5.99. The molecule has 2 aromatic rings. The van der Waals surface area contributed by atoms with Crippen LogP contribution < -0.4 is 5.32 Å². The number of halogens is 1. The summed E-state index contributed by atoms with van der Waals surface area (Å²) in [5.41, 5.74) is 2.12. The second-order valence-electron chi connectivity index (χ2n) is 9.97. The van der Waals surface area contributed by atoms with E-state index < -0.39 is 0 Å². The Bertz CT molecular complexity index is 711. The van der Waals surface area contributed by atoms with Gasteiger partial charge in [0.2, 0.25) is 5.95 Å². The topological polar surface area (TPSA) is 50.4 Å². The summed E-state index contributed by atoms with van der Waals surface area (Å²) in [6, 6.07) is 8.18. The van der Waals surface area contributed by atoms with Crippen molar-refractivity contribution in [3.63, 3.8) is 0 Å². The van der Waals surface area contributed by atoms with Crippen LogP contribution in [0.4, 0.5) is 5.95 Å². The van der Waals surface area contributed by atoms with Gasteiger partial charge in [-0.1, -0.05) is 39.8 Å². The minimum absolute atomic E-state index is 0. The fourth-order valence-corrected chi connectivity index (χ4v) is 4.59.